The molecule has 4 heterocycles. The van der Waals surface area contributed by atoms with Gasteiger partial charge in [-0.1, -0.05) is 54.6 Å². The first-order valence-corrected chi connectivity index (χ1v) is 16.9. The summed E-state index contributed by atoms with van der Waals surface area (Å²) in [5.41, 5.74) is 7.57. The molecule has 3 fully saturated rings. The molecule has 5 aromatic rings. The molecular formula is C38H40N6O4. The zero-order valence-electron chi connectivity index (χ0n) is 27.4. The van der Waals surface area contributed by atoms with Gasteiger partial charge in [-0.25, -0.2) is 19.6 Å². The highest BCUT2D eigenvalue weighted by atomic mass is 16.6. The third kappa shape index (κ3) is 5.48. The van der Waals surface area contributed by atoms with Crippen LogP contribution in [0.15, 0.2) is 72.9 Å². The minimum absolute atomic E-state index is 0.106. The fourth-order valence-corrected chi connectivity index (χ4v) is 7.90. The Hall–Kier alpha value is -5.12. The maximum Gasteiger partial charge on any atom is 0.410 e. The number of nitrogens with zero attached hydrogens (tertiary/aromatic N) is 4. The highest BCUT2D eigenvalue weighted by Crippen LogP contribution is 2.49. The number of amides is 2. The van der Waals surface area contributed by atoms with E-state index in [1.165, 1.54) is 0 Å². The molecule has 1 aliphatic carbocycles. The van der Waals surface area contributed by atoms with Crippen molar-refractivity contribution in [3.8, 4) is 33.5 Å². The Morgan fingerprint density at radius 2 is 1.52 bits per heavy atom. The Labute approximate surface area is 279 Å². The summed E-state index contributed by atoms with van der Waals surface area (Å²) in [6, 6.07) is 22.9. The lowest BCUT2D eigenvalue weighted by atomic mass is 9.98. The van der Waals surface area contributed by atoms with Gasteiger partial charge in [-0.05, 0) is 98.7 Å². The van der Waals surface area contributed by atoms with Crippen molar-refractivity contribution in [1.82, 2.24) is 29.7 Å². The lowest BCUT2D eigenvalue weighted by Crippen LogP contribution is -2.39. The molecule has 2 amide bonds. The number of benzene rings is 3. The van der Waals surface area contributed by atoms with Crippen LogP contribution in [0.5, 0.6) is 0 Å². The molecule has 1 saturated carbocycles. The standard InChI is InChI=1S/C38H40N6O4/c1-38(2,3)48-37(47)43-18-4-5-32(43)34-39-21-31(42-34)25-12-10-23(11-13-25)22-6-8-24(9-7-22)26-15-17-29-30(20-26)41-35(40-29)33-27-14-16-28(19-27)44(33)36(45)46/h6-13,15,17,20-21,27-28,32-33H,4-5,14,16,18-19H2,1-3H3,(H,39,42)(H,40,41)(H,45,46). The predicted octanol–water partition coefficient (Wildman–Crippen LogP) is 8.56. The first-order chi connectivity index (χ1) is 23.1. The van der Waals surface area contributed by atoms with Gasteiger partial charge in [-0.3, -0.25) is 9.80 Å². The Morgan fingerprint density at radius 1 is 0.854 bits per heavy atom. The molecule has 4 atom stereocenters. The molecule has 0 spiro atoms. The number of nitrogens with one attached hydrogen (secondary N) is 2. The fraction of sp³-hybridized carbons (Fsp3) is 0.368. The van der Waals surface area contributed by atoms with Gasteiger partial charge in [0.1, 0.15) is 17.2 Å². The van der Waals surface area contributed by atoms with E-state index in [1.807, 2.05) is 33.0 Å². The van der Waals surface area contributed by atoms with Crippen molar-refractivity contribution < 1.29 is 19.4 Å². The number of piperidine rings is 1. The molecule has 3 aromatic carbocycles. The number of imidazole rings is 2. The molecule has 48 heavy (non-hydrogen) atoms. The van der Waals surface area contributed by atoms with Gasteiger partial charge in [0, 0.05) is 12.6 Å². The van der Waals surface area contributed by atoms with Crippen LogP contribution in [0.25, 0.3) is 44.5 Å². The minimum Gasteiger partial charge on any atom is -0.465 e. The molecule has 2 saturated heterocycles. The summed E-state index contributed by atoms with van der Waals surface area (Å²) < 4.78 is 5.63. The number of carbonyl (C=O) groups is 2. The van der Waals surface area contributed by atoms with E-state index in [4.69, 9.17) is 9.72 Å². The van der Waals surface area contributed by atoms with Gasteiger partial charge in [-0.15, -0.1) is 0 Å². The highest BCUT2D eigenvalue weighted by molar-refractivity contribution is 5.83. The van der Waals surface area contributed by atoms with Crippen LogP contribution in [0.1, 0.15) is 76.6 Å². The second kappa shape index (κ2) is 11.5. The third-order valence-electron chi connectivity index (χ3n) is 10.1. The number of carbonyl (C=O) groups excluding carboxylic acids is 1. The number of hydrogen-bond acceptors (Lipinski definition) is 5. The number of aromatic nitrogens is 4. The van der Waals surface area contributed by atoms with E-state index in [2.05, 4.69) is 75.6 Å². The number of carboxylic acid groups (broad SMARTS) is 1. The third-order valence-corrected chi connectivity index (χ3v) is 10.1. The van der Waals surface area contributed by atoms with Gasteiger partial charge < -0.3 is 19.8 Å². The van der Waals surface area contributed by atoms with E-state index in [0.717, 1.165) is 88.3 Å². The summed E-state index contributed by atoms with van der Waals surface area (Å²) in [5.74, 6) is 1.87. The van der Waals surface area contributed by atoms with E-state index in [-0.39, 0.29) is 24.2 Å². The second-order valence-electron chi connectivity index (χ2n) is 14.4. The van der Waals surface area contributed by atoms with E-state index >= 15 is 0 Å². The van der Waals surface area contributed by atoms with E-state index in [1.54, 1.807) is 9.80 Å². The molecule has 0 radical (unpaired) electrons. The number of fused-ring (bicyclic) bond motifs is 3. The smallest absolute Gasteiger partial charge is 0.410 e. The monoisotopic (exact) mass is 644 g/mol. The molecule has 4 unspecified atom stereocenters. The first-order valence-electron chi connectivity index (χ1n) is 16.9. The molecule has 10 heteroatoms. The van der Waals surface area contributed by atoms with Crippen LogP contribution in [-0.4, -0.2) is 65.2 Å². The van der Waals surface area contributed by atoms with E-state index < -0.39 is 11.7 Å². The minimum atomic E-state index is -0.856. The second-order valence-corrected chi connectivity index (χ2v) is 14.4. The molecule has 3 aliphatic rings. The summed E-state index contributed by atoms with van der Waals surface area (Å²) in [4.78, 5) is 44.6. The quantitative estimate of drug-likeness (QED) is 0.176. The molecule has 3 N–H and O–H groups in total. The number of ether oxygens (including phenoxy) is 1. The van der Waals surface area contributed by atoms with Crippen molar-refractivity contribution in [3.63, 3.8) is 0 Å². The van der Waals surface area contributed by atoms with Crippen molar-refractivity contribution in [2.75, 3.05) is 6.54 Å². The van der Waals surface area contributed by atoms with Crippen molar-refractivity contribution in [2.24, 2.45) is 5.92 Å². The van der Waals surface area contributed by atoms with Crippen LogP contribution in [-0.2, 0) is 4.74 Å². The zero-order valence-corrected chi connectivity index (χ0v) is 27.4. The van der Waals surface area contributed by atoms with Gasteiger partial charge in [-0.2, -0.15) is 0 Å². The fourth-order valence-electron chi connectivity index (χ4n) is 7.90. The SMILES string of the molecule is CC(C)(C)OC(=O)N1CCCC1c1ncc(-c2ccc(-c3ccc(-c4ccc5nc(C6C7CCC(C7)N6C(=O)O)[nH]c5c4)cc3)cc2)[nH]1. The number of H-pyrrole nitrogens is 2. The molecule has 2 aliphatic heterocycles. The maximum atomic E-state index is 12.8. The van der Waals surface area contributed by atoms with Crippen molar-refractivity contribution in [1.29, 1.82) is 0 Å². The summed E-state index contributed by atoms with van der Waals surface area (Å²) in [7, 11) is 0. The van der Waals surface area contributed by atoms with Crippen LogP contribution >= 0.6 is 0 Å². The van der Waals surface area contributed by atoms with Crippen LogP contribution < -0.4 is 0 Å². The largest absolute Gasteiger partial charge is 0.465 e. The van der Waals surface area contributed by atoms with Crippen molar-refractivity contribution in [2.45, 2.75) is 76.6 Å². The number of likely N-dealkylation sites (tertiary alicyclic amines) is 2. The number of hydrogen-bond donors (Lipinski definition) is 3. The van der Waals surface area contributed by atoms with E-state index in [9.17, 15) is 14.7 Å². The number of rotatable bonds is 5. The van der Waals surface area contributed by atoms with Crippen molar-refractivity contribution >= 4 is 23.2 Å². The van der Waals surface area contributed by atoms with Crippen LogP contribution in [0, 0.1) is 5.92 Å². The molecule has 8 rings (SSSR count). The van der Waals surface area contributed by atoms with Crippen LogP contribution in [0.4, 0.5) is 9.59 Å². The Bertz CT molecular complexity index is 1990. The van der Waals surface area contributed by atoms with Gasteiger partial charge in [0.05, 0.1) is 35.0 Å². The van der Waals surface area contributed by atoms with Crippen molar-refractivity contribution in [3.05, 3.63) is 84.6 Å². The molecular weight excluding hydrogens is 604 g/mol. The molecule has 246 valence electrons. The highest BCUT2D eigenvalue weighted by Gasteiger charge is 2.50. The Morgan fingerprint density at radius 3 is 2.21 bits per heavy atom. The number of aromatic amines is 2. The zero-order chi connectivity index (χ0) is 33.2. The van der Waals surface area contributed by atoms with Crippen LogP contribution in [0.3, 0.4) is 0 Å². The van der Waals surface area contributed by atoms with Gasteiger partial charge in [0.2, 0.25) is 0 Å². The summed E-state index contributed by atoms with van der Waals surface area (Å²) in [6.07, 6.45) is 5.38. The normalized spacial score (nSPS) is 22.1. The summed E-state index contributed by atoms with van der Waals surface area (Å²) in [5, 5.41) is 9.86. The predicted molar refractivity (Wildman–Crippen MR) is 183 cm³/mol. The van der Waals surface area contributed by atoms with Gasteiger partial charge in [0.15, 0.2) is 0 Å². The Kier molecular flexibility index (Phi) is 7.27. The Balaban J connectivity index is 0.962. The van der Waals surface area contributed by atoms with Gasteiger partial charge >= 0.3 is 12.2 Å². The first kappa shape index (κ1) is 30.2. The van der Waals surface area contributed by atoms with Crippen LogP contribution in [0.2, 0.25) is 0 Å². The molecule has 2 bridgehead atoms. The topological polar surface area (TPSA) is 127 Å². The summed E-state index contributed by atoms with van der Waals surface area (Å²) >= 11 is 0. The maximum absolute atomic E-state index is 12.8. The van der Waals surface area contributed by atoms with Gasteiger partial charge in [0.25, 0.3) is 0 Å². The average Bonchev–Trinajstić information content (AvgIpc) is 3.90. The van der Waals surface area contributed by atoms with E-state index in [0.29, 0.717) is 12.5 Å². The molecule has 10 nitrogen and oxygen atoms in total. The lowest BCUT2D eigenvalue weighted by Gasteiger charge is -2.31. The molecule has 2 aromatic heterocycles. The summed E-state index contributed by atoms with van der Waals surface area (Å²) in [6.45, 7) is 6.31. The average molecular weight is 645 g/mol. The lowest BCUT2D eigenvalue weighted by molar-refractivity contribution is 0.0218.